The SMILES string of the molecule is COc1cc(C)c(CN2CCCC(c3nnc4n3CCC4)C2)c(C)n1. The largest absolute Gasteiger partial charge is 0.481 e. The van der Waals surface area contributed by atoms with E-state index in [1.807, 2.05) is 6.07 Å². The van der Waals surface area contributed by atoms with Crippen molar-refractivity contribution in [2.24, 2.45) is 0 Å². The molecule has 2 aromatic heterocycles. The van der Waals surface area contributed by atoms with Crippen LogP contribution in [0.1, 0.15) is 53.7 Å². The number of methoxy groups -OCH3 is 1. The molecule has 1 atom stereocenters. The fourth-order valence-electron chi connectivity index (χ4n) is 4.27. The maximum atomic E-state index is 5.29. The van der Waals surface area contributed by atoms with Crippen molar-refractivity contribution in [3.63, 3.8) is 0 Å². The van der Waals surface area contributed by atoms with Crippen molar-refractivity contribution in [3.8, 4) is 5.88 Å². The minimum absolute atomic E-state index is 0.500. The maximum Gasteiger partial charge on any atom is 0.213 e. The van der Waals surface area contributed by atoms with Gasteiger partial charge in [-0.05, 0) is 50.8 Å². The van der Waals surface area contributed by atoms with Gasteiger partial charge in [0.2, 0.25) is 5.88 Å². The molecule has 25 heavy (non-hydrogen) atoms. The first kappa shape index (κ1) is 16.5. The van der Waals surface area contributed by atoms with Crippen LogP contribution in [0.3, 0.4) is 0 Å². The molecule has 2 aromatic rings. The molecule has 2 aliphatic rings. The molecule has 0 spiro atoms. The Bertz CT molecular complexity index is 746. The van der Waals surface area contributed by atoms with Gasteiger partial charge in [0.25, 0.3) is 0 Å². The zero-order chi connectivity index (χ0) is 17.4. The third-order valence-corrected chi connectivity index (χ3v) is 5.63. The Morgan fingerprint density at radius 1 is 1.20 bits per heavy atom. The highest BCUT2D eigenvalue weighted by molar-refractivity contribution is 5.33. The molecular weight excluding hydrogens is 314 g/mol. The fourth-order valence-corrected chi connectivity index (χ4v) is 4.27. The van der Waals surface area contributed by atoms with Gasteiger partial charge in [0.15, 0.2) is 0 Å². The van der Waals surface area contributed by atoms with Gasteiger partial charge >= 0.3 is 0 Å². The lowest BCUT2D eigenvalue weighted by atomic mass is 9.96. The number of aromatic nitrogens is 4. The molecule has 1 unspecified atom stereocenters. The van der Waals surface area contributed by atoms with E-state index >= 15 is 0 Å². The van der Waals surface area contributed by atoms with E-state index < -0.39 is 0 Å². The predicted octanol–water partition coefficient (Wildman–Crippen LogP) is 2.62. The second-order valence-corrected chi connectivity index (χ2v) is 7.35. The summed E-state index contributed by atoms with van der Waals surface area (Å²) in [5.74, 6) is 3.59. The molecule has 6 nitrogen and oxygen atoms in total. The zero-order valence-electron chi connectivity index (χ0n) is 15.5. The van der Waals surface area contributed by atoms with Crippen LogP contribution < -0.4 is 4.74 Å². The molecule has 0 aromatic carbocycles. The second kappa shape index (κ2) is 6.75. The minimum Gasteiger partial charge on any atom is -0.481 e. The van der Waals surface area contributed by atoms with Gasteiger partial charge < -0.3 is 9.30 Å². The third-order valence-electron chi connectivity index (χ3n) is 5.63. The summed E-state index contributed by atoms with van der Waals surface area (Å²) in [6.45, 7) is 8.48. The summed E-state index contributed by atoms with van der Waals surface area (Å²) in [5, 5.41) is 8.92. The minimum atomic E-state index is 0.500. The first-order valence-corrected chi connectivity index (χ1v) is 9.31. The van der Waals surface area contributed by atoms with Gasteiger partial charge in [-0.2, -0.15) is 0 Å². The summed E-state index contributed by atoms with van der Waals surface area (Å²) in [7, 11) is 1.67. The van der Waals surface area contributed by atoms with Gasteiger partial charge in [0, 0.05) is 43.7 Å². The molecule has 0 aliphatic carbocycles. The zero-order valence-corrected chi connectivity index (χ0v) is 15.5. The van der Waals surface area contributed by atoms with Crippen LogP contribution in [-0.4, -0.2) is 44.8 Å². The molecular formula is C19H27N5O. The van der Waals surface area contributed by atoms with E-state index in [2.05, 4.69) is 38.5 Å². The second-order valence-electron chi connectivity index (χ2n) is 7.35. The number of rotatable bonds is 4. The lowest BCUT2D eigenvalue weighted by Gasteiger charge is -2.33. The summed E-state index contributed by atoms with van der Waals surface area (Å²) >= 11 is 0. The molecule has 134 valence electrons. The summed E-state index contributed by atoms with van der Waals surface area (Å²) in [6.07, 6.45) is 4.73. The van der Waals surface area contributed by atoms with E-state index in [9.17, 15) is 0 Å². The van der Waals surface area contributed by atoms with Crippen LogP contribution in [-0.2, 0) is 19.5 Å². The van der Waals surface area contributed by atoms with Crippen molar-refractivity contribution < 1.29 is 4.74 Å². The quantitative estimate of drug-likeness (QED) is 0.856. The van der Waals surface area contributed by atoms with Crippen LogP contribution in [0.15, 0.2) is 6.07 Å². The number of likely N-dealkylation sites (tertiary alicyclic amines) is 1. The van der Waals surface area contributed by atoms with Gasteiger partial charge in [0.05, 0.1) is 7.11 Å². The van der Waals surface area contributed by atoms with E-state index in [4.69, 9.17) is 4.74 Å². The molecule has 0 bridgehead atoms. The van der Waals surface area contributed by atoms with E-state index in [-0.39, 0.29) is 0 Å². The topological polar surface area (TPSA) is 56.1 Å². The lowest BCUT2D eigenvalue weighted by molar-refractivity contribution is 0.193. The Balaban J connectivity index is 1.50. The monoisotopic (exact) mass is 341 g/mol. The molecule has 0 radical (unpaired) electrons. The Hall–Kier alpha value is -1.95. The summed E-state index contributed by atoms with van der Waals surface area (Å²) in [5.41, 5.74) is 3.66. The molecule has 0 N–H and O–H groups in total. The van der Waals surface area contributed by atoms with Crippen LogP contribution in [0.25, 0.3) is 0 Å². The average molecular weight is 341 g/mol. The molecule has 1 saturated heterocycles. The van der Waals surface area contributed by atoms with Gasteiger partial charge in [-0.15, -0.1) is 10.2 Å². The van der Waals surface area contributed by atoms with Crippen molar-refractivity contribution in [1.29, 1.82) is 0 Å². The molecule has 0 amide bonds. The molecule has 6 heteroatoms. The third kappa shape index (κ3) is 3.15. The Labute approximate surface area is 149 Å². The standard InChI is InChI=1S/C19H27N5O/c1-13-10-18(25-3)20-14(2)16(13)12-23-8-4-6-15(11-23)19-22-21-17-7-5-9-24(17)19/h10,15H,4-9,11-12H2,1-3H3. The van der Waals surface area contributed by atoms with Crippen LogP contribution >= 0.6 is 0 Å². The van der Waals surface area contributed by atoms with Crippen molar-refractivity contribution in [2.75, 3.05) is 20.2 Å². The Kier molecular flexibility index (Phi) is 4.46. The van der Waals surface area contributed by atoms with Crippen molar-refractivity contribution in [3.05, 3.63) is 34.5 Å². The summed E-state index contributed by atoms with van der Waals surface area (Å²) in [4.78, 5) is 7.11. The molecule has 4 heterocycles. The number of piperidine rings is 1. The number of pyridine rings is 1. The van der Waals surface area contributed by atoms with Crippen LogP contribution in [0.4, 0.5) is 0 Å². The van der Waals surface area contributed by atoms with Gasteiger partial charge in [-0.25, -0.2) is 4.98 Å². The highest BCUT2D eigenvalue weighted by Crippen LogP contribution is 2.30. The summed E-state index contributed by atoms with van der Waals surface area (Å²) in [6, 6.07) is 2.04. The Morgan fingerprint density at radius 2 is 2.08 bits per heavy atom. The number of aryl methyl sites for hydroxylation is 3. The van der Waals surface area contributed by atoms with Gasteiger partial charge in [-0.3, -0.25) is 4.90 Å². The highest BCUT2D eigenvalue weighted by atomic mass is 16.5. The number of hydrogen-bond acceptors (Lipinski definition) is 5. The molecule has 4 rings (SSSR count). The number of ether oxygens (including phenoxy) is 1. The maximum absolute atomic E-state index is 5.29. The lowest BCUT2D eigenvalue weighted by Crippen LogP contribution is -2.35. The molecule has 0 saturated carbocycles. The van der Waals surface area contributed by atoms with E-state index in [0.717, 1.165) is 38.3 Å². The van der Waals surface area contributed by atoms with Crippen molar-refractivity contribution >= 4 is 0 Å². The first-order chi connectivity index (χ1) is 12.2. The average Bonchev–Trinajstić information content (AvgIpc) is 3.21. The highest BCUT2D eigenvalue weighted by Gasteiger charge is 2.28. The van der Waals surface area contributed by atoms with Crippen LogP contribution in [0.5, 0.6) is 5.88 Å². The first-order valence-electron chi connectivity index (χ1n) is 9.31. The normalized spacial score (nSPS) is 20.7. The summed E-state index contributed by atoms with van der Waals surface area (Å²) < 4.78 is 7.65. The van der Waals surface area contributed by atoms with E-state index in [0.29, 0.717) is 11.8 Å². The molecule has 2 aliphatic heterocycles. The van der Waals surface area contributed by atoms with Crippen LogP contribution in [0, 0.1) is 13.8 Å². The van der Waals surface area contributed by atoms with E-state index in [1.54, 1.807) is 7.11 Å². The van der Waals surface area contributed by atoms with Crippen molar-refractivity contribution in [2.45, 2.75) is 58.5 Å². The smallest absolute Gasteiger partial charge is 0.213 e. The van der Waals surface area contributed by atoms with Crippen LogP contribution in [0.2, 0.25) is 0 Å². The van der Waals surface area contributed by atoms with Crippen molar-refractivity contribution in [1.82, 2.24) is 24.6 Å². The van der Waals surface area contributed by atoms with Gasteiger partial charge in [-0.1, -0.05) is 0 Å². The number of fused-ring (bicyclic) bond motifs is 1. The van der Waals surface area contributed by atoms with E-state index in [1.165, 1.54) is 42.0 Å². The number of nitrogens with zero attached hydrogens (tertiary/aromatic N) is 5. The predicted molar refractivity (Wildman–Crippen MR) is 95.9 cm³/mol. The number of hydrogen-bond donors (Lipinski definition) is 0. The molecule has 1 fully saturated rings. The Morgan fingerprint density at radius 3 is 2.88 bits per heavy atom. The van der Waals surface area contributed by atoms with Gasteiger partial charge in [0.1, 0.15) is 11.6 Å². The fraction of sp³-hybridized carbons (Fsp3) is 0.632.